The fourth-order valence-corrected chi connectivity index (χ4v) is 2.76. The number of anilines is 1. The molecule has 3 heterocycles. The zero-order valence-corrected chi connectivity index (χ0v) is 13.5. The van der Waals surface area contributed by atoms with Crippen LogP contribution in [0.15, 0.2) is 30.9 Å². The van der Waals surface area contributed by atoms with Crippen molar-refractivity contribution in [3.8, 4) is 0 Å². The Hall–Kier alpha value is -2.44. The van der Waals surface area contributed by atoms with E-state index < -0.39 is 0 Å². The summed E-state index contributed by atoms with van der Waals surface area (Å²) in [5, 5.41) is 7.40. The van der Waals surface area contributed by atoms with Gasteiger partial charge in [-0.05, 0) is 32.8 Å². The first-order valence-corrected chi connectivity index (χ1v) is 8.00. The average molecular weight is 314 g/mol. The Labute approximate surface area is 135 Å². The van der Waals surface area contributed by atoms with Gasteiger partial charge in [-0.3, -0.25) is 14.5 Å². The number of nitrogens with one attached hydrogen (secondary N) is 1. The molecule has 122 valence electrons. The summed E-state index contributed by atoms with van der Waals surface area (Å²) in [6.07, 6.45) is 8.93. The molecular formula is C16H22N6O. The zero-order chi connectivity index (χ0) is 16.2. The second-order valence-corrected chi connectivity index (χ2v) is 6.10. The van der Waals surface area contributed by atoms with Crippen LogP contribution in [0.3, 0.4) is 0 Å². The number of hydrogen-bond donors (Lipinski definition) is 1. The van der Waals surface area contributed by atoms with Crippen LogP contribution in [-0.4, -0.2) is 44.8 Å². The Balaban J connectivity index is 1.62. The van der Waals surface area contributed by atoms with Crippen LogP contribution in [0.2, 0.25) is 0 Å². The van der Waals surface area contributed by atoms with Gasteiger partial charge < -0.3 is 10.2 Å². The summed E-state index contributed by atoms with van der Waals surface area (Å²) in [7, 11) is 0. The largest absolute Gasteiger partial charge is 0.353 e. The van der Waals surface area contributed by atoms with Crippen molar-refractivity contribution in [3.05, 3.63) is 36.5 Å². The molecule has 1 aliphatic heterocycles. The fourth-order valence-electron chi connectivity index (χ4n) is 2.76. The highest BCUT2D eigenvalue weighted by Crippen LogP contribution is 2.16. The number of carbonyl (C=O) groups is 1. The van der Waals surface area contributed by atoms with E-state index >= 15 is 0 Å². The lowest BCUT2D eigenvalue weighted by molar-refractivity contribution is 0.0927. The summed E-state index contributed by atoms with van der Waals surface area (Å²) in [6.45, 7) is 5.76. The molecule has 2 aromatic rings. The zero-order valence-electron chi connectivity index (χ0n) is 13.5. The Bertz CT molecular complexity index is 654. The van der Waals surface area contributed by atoms with Gasteiger partial charge in [0.15, 0.2) is 0 Å². The van der Waals surface area contributed by atoms with Crippen LogP contribution in [0.25, 0.3) is 0 Å². The first kappa shape index (κ1) is 15.5. The van der Waals surface area contributed by atoms with Gasteiger partial charge in [-0.1, -0.05) is 0 Å². The Morgan fingerprint density at radius 3 is 2.96 bits per heavy atom. The number of rotatable bonds is 4. The molecule has 1 amide bonds. The van der Waals surface area contributed by atoms with Gasteiger partial charge in [0.1, 0.15) is 11.5 Å². The SMILES string of the molecule is CC(C)n1ccc(C(=O)NC2CCCN(c3cnccn3)C2)n1. The predicted molar refractivity (Wildman–Crippen MR) is 87.3 cm³/mol. The lowest BCUT2D eigenvalue weighted by atomic mass is 10.1. The van der Waals surface area contributed by atoms with E-state index in [-0.39, 0.29) is 18.0 Å². The number of carbonyl (C=O) groups excluding carboxylic acids is 1. The molecule has 1 atom stereocenters. The summed E-state index contributed by atoms with van der Waals surface area (Å²) in [6, 6.07) is 2.11. The second-order valence-electron chi connectivity index (χ2n) is 6.10. The van der Waals surface area contributed by atoms with Crippen molar-refractivity contribution >= 4 is 11.7 Å². The standard InChI is InChI=1S/C16H22N6O/c1-12(2)22-9-5-14(20-22)16(23)19-13-4-3-8-21(11-13)15-10-17-6-7-18-15/h5-7,9-10,12-13H,3-4,8,11H2,1-2H3,(H,19,23). The van der Waals surface area contributed by atoms with Crippen LogP contribution >= 0.6 is 0 Å². The van der Waals surface area contributed by atoms with Gasteiger partial charge in [0.05, 0.1) is 6.20 Å². The molecule has 0 spiro atoms. The van der Waals surface area contributed by atoms with Gasteiger partial charge in [-0.2, -0.15) is 5.10 Å². The van der Waals surface area contributed by atoms with Crippen molar-refractivity contribution in [1.82, 2.24) is 25.1 Å². The molecule has 0 saturated carbocycles. The third kappa shape index (κ3) is 3.67. The molecule has 3 rings (SSSR count). The van der Waals surface area contributed by atoms with E-state index in [0.29, 0.717) is 5.69 Å². The molecule has 0 aliphatic carbocycles. The molecule has 1 aliphatic rings. The molecule has 1 saturated heterocycles. The van der Waals surface area contributed by atoms with Gasteiger partial charge in [-0.15, -0.1) is 0 Å². The van der Waals surface area contributed by atoms with E-state index in [1.807, 2.05) is 20.0 Å². The van der Waals surface area contributed by atoms with Crippen LogP contribution < -0.4 is 10.2 Å². The molecule has 23 heavy (non-hydrogen) atoms. The Kier molecular flexibility index (Phi) is 4.55. The van der Waals surface area contributed by atoms with Crippen molar-refractivity contribution in [2.24, 2.45) is 0 Å². The molecule has 1 N–H and O–H groups in total. The second kappa shape index (κ2) is 6.76. The maximum absolute atomic E-state index is 12.4. The molecule has 1 unspecified atom stereocenters. The summed E-state index contributed by atoms with van der Waals surface area (Å²) in [5.41, 5.74) is 0.468. The monoisotopic (exact) mass is 314 g/mol. The highest BCUT2D eigenvalue weighted by atomic mass is 16.2. The van der Waals surface area contributed by atoms with Crippen LogP contribution in [0.1, 0.15) is 43.2 Å². The summed E-state index contributed by atoms with van der Waals surface area (Å²) < 4.78 is 1.79. The van der Waals surface area contributed by atoms with Gasteiger partial charge in [0.25, 0.3) is 5.91 Å². The highest BCUT2D eigenvalue weighted by molar-refractivity contribution is 5.92. The molecule has 2 aromatic heterocycles. The predicted octanol–water partition coefficient (Wildman–Crippen LogP) is 1.65. The normalized spacial score (nSPS) is 18.2. The van der Waals surface area contributed by atoms with Crippen molar-refractivity contribution < 1.29 is 4.79 Å². The highest BCUT2D eigenvalue weighted by Gasteiger charge is 2.23. The third-order valence-electron chi connectivity index (χ3n) is 4.00. The molecule has 1 fully saturated rings. The van der Waals surface area contributed by atoms with Gasteiger partial charge >= 0.3 is 0 Å². The third-order valence-corrected chi connectivity index (χ3v) is 4.00. The van der Waals surface area contributed by atoms with E-state index in [4.69, 9.17) is 0 Å². The quantitative estimate of drug-likeness (QED) is 0.928. The molecular weight excluding hydrogens is 292 g/mol. The maximum Gasteiger partial charge on any atom is 0.272 e. The molecule has 7 heteroatoms. The number of hydrogen-bond acceptors (Lipinski definition) is 5. The Morgan fingerprint density at radius 2 is 2.26 bits per heavy atom. The van der Waals surface area contributed by atoms with Gasteiger partial charge in [-0.25, -0.2) is 4.98 Å². The van der Waals surface area contributed by atoms with Crippen LogP contribution in [0, 0.1) is 0 Å². The molecule has 0 bridgehead atoms. The van der Waals surface area contributed by atoms with Crippen LogP contribution in [-0.2, 0) is 0 Å². The fraction of sp³-hybridized carbons (Fsp3) is 0.500. The smallest absolute Gasteiger partial charge is 0.272 e. The van der Waals surface area contributed by atoms with Crippen molar-refractivity contribution in [2.75, 3.05) is 18.0 Å². The number of aromatic nitrogens is 4. The number of piperidine rings is 1. The van der Waals surface area contributed by atoms with E-state index in [2.05, 4.69) is 25.3 Å². The Morgan fingerprint density at radius 1 is 1.39 bits per heavy atom. The molecule has 0 aromatic carbocycles. The van der Waals surface area contributed by atoms with Crippen LogP contribution in [0.5, 0.6) is 0 Å². The number of nitrogens with zero attached hydrogens (tertiary/aromatic N) is 5. The lowest BCUT2D eigenvalue weighted by Crippen LogP contribution is -2.48. The summed E-state index contributed by atoms with van der Waals surface area (Å²) >= 11 is 0. The summed E-state index contributed by atoms with van der Waals surface area (Å²) in [4.78, 5) is 23.0. The van der Waals surface area contributed by atoms with Crippen LogP contribution in [0.4, 0.5) is 5.82 Å². The first-order valence-electron chi connectivity index (χ1n) is 8.00. The van der Waals surface area contributed by atoms with E-state index in [1.165, 1.54) is 0 Å². The van der Waals surface area contributed by atoms with E-state index in [1.54, 1.807) is 29.3 Å². The first-order chi connectivity index (χ1) is 11.1. The average Bonchev–Trinajstić information content (AvgIpc) is 3.06. The number of amides is 1. The van der Waals surface area contributed by atoms with Crippen molar-refractivity contribution in [1.29, 1.82) is 0 Å². The van der Waals surface area contributed by atoms with E-state index in [0.717, 1.165) is 31.7 Å². The van der Waals surface area contributed by atoms with Crippen molar-refractivity contribution in [3.63, 3.8) is 0 Å². The minimum atomic E-state index is -0.115. The minimum Gasteiger partial charge on any atom is -0.353 e. The minimum absolute atomic E-state index is 0.0995. The van der Waals surface area contributed by atoms with Crippen molar-refractivity contribution in [2.45, 2.75) is 38.8 Å². The molecule has 0 radical (unpaired) electrons. The summed E-state index contributed by atoms with van der Waals surface area (Å²) in [5.74, 6) is 0.742. The topological polar surface area (TPSA) is 75.9 Å². The maximum atomic E-state index is 12.4. The van der Waals surface area contributed by atoms with E-state index in [9.17, 15) is 4.79 Å². The molecule has 7 nitrogen and oxygen atoms in total. The van der Waals surface area contributed by atoms with Gasteiger partial charge in [0, 0.05) is 43.8 Å². The van der Waals surface area contributed by atoms with Gasteiger partial charge in [0.2, 0.25) is 0 Å². The lowest BCUT2D eigenvalue weighted by Gasteiger charge is -2.33.